The van der Waals surface area contributed by atoms with Crippen LogP contribution in [0.3, 0.4) is 0 Å². The summed E-state index contributed by atoms with van der Waals surface area (Å²) < 4.78 is 11.8. The Morgan fingerprint density at radius 1 is 0.941 bits per heavy atom. The number of hydrogen-bond acceptors (Lipinski definition) is 3. The number of rotatable bonds is 6. The smallest absolute Gasteiger partial charge is 0.406 e. The molecule has 0 unspecified atom stereocenters. The van der Waals surface area contributed by atoms with Gasteiger partial charge in [0.2, 0.25) is 0 Å². The van der Waals surface area contributed by atoms with E-state index in [0.717, 1.165) is 19.2 Å². The zero-order valence-electron chi connectivity index (χ0n) is 12.2. The molecule has 0 aliphatic carbocycles. The lowest BCUT2D eigenvalue weighted by Crippen LogP contribution is -2.38. The summed E-state index contributed by atoms with van der Waals surface area (Å²) in [5.41, 5.74) is -0.406. The highest BCUT2D eigenvalue weighted by Gasteiger charge is 2.29. The van der Waals surface area contributed by atoms with Crippen molar-refractivity contribution in [3.8, 4) is 6.07 Å². The highest BCUT2D eigenvalue weighted by molar-refractivity contribution is 6.44. The van der Waals surface area contributed by atoms with Gasteiger partial charge in [0.05, 0.1) is 6.07 Å². The molecule has 0 saturated heterocycles. The van der Waals surface area contributed by atoms with Crippen molar-refractivity contribution in [2.24, 2.45) is 0 Å². The van der Waals surface area contributed by atoms with Crippen LogP contribution in [-0.4, -0.2) is 18.3 Å². The molecule has 0 radical (unpaired) electrons. The molecule has 98 valence electrons. The second-order valence-corrected chi connectivity index (χ2v) is 6.29. The van der Waals surface area contributed by atoms with E-state index in [1.165, 1.54) is 0 Å². The van der Waals surface area contributed by atoms with Crippen molar-refractivity contribution in [1.29, 1.82) is 5.26 Å². The van der Waals surface area contributed by atoms with Gasteiger partial charge in [0.1, 0.15) is 0 Å². The third-order valence-electron chi connectivity index (χ3n) is 1.95. The number of nitriles is 1. The van der Waals surface area contributed by atoms with Crippen LogP contribution in [0.15, 0.2) is 0 Å². The largest absolute Gasteiger partial charge is 0.457 e. The van der Waals surface area contributed by atoms with Crippen LogP contribution >= 0.6 is 0 Å². The summed E-state index contributed by atoms with van der Waals surface area (Å²) in [6, 6.07) is 2.16. The highest BCUT2D eigenvalue weighted by Crippen LogP contribution is 2.19. The van der Waals surface area contributed by atoms with E-state index in [9.17, 15) is 0 Å². The minimum atomic E-state index is -0.203. The Bertz CT molecular complexity index is 232. The van der Waals surface area contributed by atoms with Gasteiger partial charge in [-0.3, -0.25) is 0 Å². The monoisotopic (exact) mass is 239 g/mol. The van der Waals surface area contributed by atoms with Crippen LogP contribution in [0.1, 0.15) is 60.8 Å². The summed E-state index contributed by atoms with van der Waals surface area (Å²) >= 11 is 0. The molecule has 0 saturated carbocycles. The van der Waals surface area contributed by atoms with Crippen LogP contribution < -0.4 is 0 Å². The fourth-order valence-corrected chi connectivity index (χ4v) is 1.45. The molecule has 0 heterocycles. The molecule has 0 spiro atoms. The van der Waals surface area contributed by atoms with E-state index >= 15 is 0 Å². The van der Waals surface area contributed by atoms with Crippen LogP contribution in [0.4, 0.5) is 0 Å². The van der Waals surface area contributed by atoms with Gasteiger partial charge in [0.15, 0.2) is 0 Å². The maximum absolute atomic E-state index is 8.49. The summed E-state index contributed by atoms with van der Waals surface area (Å²) in [7, 11) is -0.186. The standard InChI is InChI=1S/C13H26BNO2/c1-12(2,3)16-14(17-13(4,5)6)10-8-7-9-11-15/h7-10H2,1-6H3. The fourth-order valence-electron chi connectivity index (χ4n) is 1.45. The topological polar surface area (TPSA) is 42.2 Å². The molecule has 0 amide bonds. The predicted molar refractivity (Wildman–Crippen MR) is 71.7 cm³/mol. The van der Waals surface area contributed by atoms with E-state index in [0.29, 0.717) is 6.42 Å². The van der Waals surface area contributed by atoms with E-state index in [4.69, 9.17) is 14.6 Å². The lowest BCUT2D eigenvalue weighted by Gasteiger charge is -2.30. The maximum atomic E-state index is 8.49. The Morgan fingerprint density at radius 3 is 1.76 bits per heavy atom. The second-order valence-electron chi connectivity index (χ2n) is 6.29. The average molecular weight is 239 g/mol. The van der Waals surface area contributed by atoms with Gasteiger partial charge >= 0.3 is 7.12 Å². The molecule has 17 heavy (non-hydrogen) atoms. The van der Waals surface area contributed by atoms with Crippen molar-refractivity contribution < 1.29 is 9.31 Å². The molecular formula is C13H26BNO2. The minimum absolute atomic E-state index is 0.186. The van der Waals surface area contributed by atoms with Gasteiger partial charge in [-0.05, 0) is 54.3 Å². The van der Waals surface area contributed by atoms with Gasteiger partial charge in [-0.25, -0.2) is 0 Å². The molecular weight excluding hydrogens is 213 g/mol. The third-order valence-corrected chi connectivity index (χ3v) is 1.95. The van der Waals surface area contributed by atoms with E-state index in [-0.39, 0.29) is 18.3 Å². The number of unbranched alkanes of at least 4 members (excludes halogenated alkanes) is 2. The van der Waals surface area contributed by atoms with Gasteiger partial charge in [0.25, 0.3) is 0 Å². The quantitative estimate of drug-likeness (QED) is 0.523. The molecule has 0 atom stereocenters. The second kappa shape index (κ2) is 7.03. The zero-order chi connectivity index (χ0) is 13.5. The average Bonchev–Trinajstić information content (AvgIpc) is 2.06. The molecule has 4 heteroatoms. The van der Waals surface area contributed by atoms with E-state index in [1.807, 2.05) is 41.5 Å². The molecule has 0 aliphatic rings. The van der Waals surface area contributed by atoms with E-state index in [2.05, 4.69) is 6.07 Å². The van der Waals surface area contributed by atoms with Gasteiger partial charge in [0, 0.05) is 17.6 Å². The Kier molecular flexibility index (Phi) is 6.81. The lowest BCUT2D eigenvalue weighted by molar-refractivity contribution is 0.0336. The maximum Gasteiger partial charge on any atom is 0.457 e. The Balaban J connectivity index is 4.17. The highest BCUT2D eigenvalue weighted by atomic mass is 16.6. The molecule has 0 aromatic rings. The van der Waals surface area contributed by atoms with Crippen molar-refractivity contribution in [3.05, 3.63) is 0 Å². The van der Waals surface area contributed by atoms with Crippen LogP contribution in [-0.2, 0) is 9.31 Å². The van der Waals surface area contributed by atoms with Crippen LogP contribution in [0.5, 0.6) is 0 Å². The van der Waals surface area contributed by atoms with Gasteiger partial charge in [-0.15, -0.1) is 0 Å². The molecule has 0 aromatic carbocycles. The predicted octanol–water partition coefficient (Wildman–Crippen LogP) is 3.80. The van der Waals surface area contributed by atoms with Crippen molar-refractivity contribution in [3.63, 3.8) is 0 Å². The normalized spacial score (nSPS) is 12.3. The molecule has 0 rings (SSSR count). The van der Waals surface area contributed by atoms with Crippen molar-refractivity contribution in [1.82, 2.24) is 0 Å². The van der Waals surface area contributed by atoms with Gasteiger partial charge in [-0.1, -0.05) is 6.42 Å². The Labute approximate surface area is 107 Å². The summed E-state index contributed by atoms with van der Waals surface area (Å²) in [6.45, 7) is 12.2. The van der Waals surface area contributed by atoms with Crippen LogP contribution in [0.25, 0.3) is 0 Å². The first-order chi connectivity index (χ1) is 7.64. The van der Waals surface area contributed by atoms with E-state index < -0.39 is 0 Å². The van der Waals surface area contributed by atoms with Gasteiger partial charge < -0.3 is 9.31 Å². The van der Waals surface area contributed by atoms with Gasteiger partial charge in [-0.2, -0.15) is 5.26 Å². The first-order valence-corrected chi connectivity index (χ1v) is 6.37. The first kappa shape index (κ1) is 16.5. The summed E-state index contributed by atoms with van der Waals surface area (Å²) in [6.07, 6.45) is 3.33. The van der Waals surface area contributed by atoms with Crippen molar-refractivity contribution >= 4 is 7.12 Å². The molecule has 0 fully saturated rings. The molecule has 0 aromatic heterocycles. The van der Waals surface area contributed by atoms with E-state index in [1.54, 1.807) is 0 Å². The summed E-state index contributed by atoms with van der Waals surface area (Å²) in [4.78, 5) is 0. The van der Waals surface area contributed by atoms with Crippen LogP contribution in [0, 0.1) is 11.3 Å². The number of hydrogen-bond donors (Lipinski definition) is 0. The Hall–Kier alpha value is -0.525. The third kappa shape index (κ3) is 11.7. The molecule has 3 nitrogen and oxygen atoms in total. The Morgan fingerprint density at radius 2 is 1.41 bits per heavy atom. The molecule has 0 bridgehead atoms. The lowest BCUT2D eigenvalue weighted by atomic mass is 9.79. The molecule has 0 aliphatic heterocycles. The van der Waals surface area contributed by atoms with Crippen molar-refractivity contribution in [2.75, 3.05) is 0 Å². The fraction of sp³-hybridized carbons (Fsp3) is 0.923. The van der Waals surface area contributed by atoms with Crippen molar-refractivity contribution in [2.45, 2.75) is 78.3 Å². The number of nitrogens with zero attached hydrogens (tertiary/aromatic N) is 1. The molecule has 0 N–H and O–H groups in total. The summed E-state index contributed by atoms with van der Waals surface area (Å²) in [5, 5.41) is 8.49. The first-order valence-electron chi connectivity index (χ1n) is 6.37. The minimum Gasteiger partial charge on any atom is -0.406 e. The van der Waals surface area contributed by atoms with Crippen LogP contribution in [0.2, 0.25) is 6.32 Å². The zero-order valence-corrected chi connectivity index (χ0v) is 12.2. The summed E-state index contributed by atoms with van der Waals surface area (Å²) in [5.74, 6) is 0. The SMILES string of the molecule is CC(C)(C)OB(CCCCC#N)OC(C)(C)C.